The highest BCUT2D eigenvalue weighted by Gasteiger charge is 2.42. The van der Waals surface area contributed by atoms with E-state index in [4.69, 9.17) is 5.73 Å². The van der Waals surface area contributed by atoms with Crippen LogP contribution in [0.25, 0.3) is 0 Å². The van der Waals surface area contributed by atoms with Gasteiger partial charge < -0.3 is 11.1 Å². The molecule has 0 aromatic heterocycles. The first-order chi connectivity index (χ1) is 8.71. The number of rotatable bonds is 6. The van der Waals surface area contributed by atoms with Gasteiger partial charge in [0, 0.05) is 12.5 Å². The van der Waals surface area contributed by atoms with Crippen molar-refractivity contribution >= 4 is 5.91 Å². The summed E-state index contributed by atoms with van der Waals surface area (Å²) in [7, 11) is 0. The van der Waals surface area contributed by atoms with E-state index in [1.807, 2.05) is 0 Å². The van der Waals surface area contributed by atoms with Crippen molar-refractivity contribution in [3.8, 4) is 0 Å². The molecular formula is C15H28N2O. The zero-order chi connectivity index (χ0) is 13.0. The van der Waals surface area contributed by atoms with Gasteiger partial charge in [0.05, 0.1) is 0 Å². The van der Waals surface area contributed by atoms with E-state index in [2.05, 4.69) is 12.2 Å². The molecule has 2 rings (SSSR count). The van der Waals surface area contributed by atoms with E-state index in [1.54, 1.807) is 0 Å². The number of nitrogens with two attached hydrogens (primary N) is 1. The average molecular weight is 252 g/mol. The lowest BCUT2D eigenvalue weighted by atomic mass is 9.78. The van der Waals surface area contributed by atoms with E-state index in [9.17, 15) is 4.79 Å². The molecule has 2 aliphatic carbocycles. The maximum atomic E-state index is 12.3. The lowest BCUT2D eigenvalue weighted by molar-refractivity contribution is -0.127. The quantitative estimate of drug-likeness (QED) is 0.763. The molecule has 0 spiro atoms. The normalized spacial score (nSPS) is 29.9. The standard InChI is InChI=1S/C15H28N2O/c1-2-7-15(8-9-15)11-17-14(18)13-6-4-3-5-12(13)10-16/h12-13H,2-11,16H2,1H3,(H,17,18). The molecule has 0 aromatic rings. The zero-order valence-corrected chi connectivity index (χ0v) is 11.7. The molecule has 2 fully saturated rings. The Morgan fingerprint density at radius 1 is 1.33 bits per heavy atom. The first-order valence-corrected chi connectivity index (χ1v) is 7.68. The van der Waals surface area contributed by atoms with Crippen molar-refractivity contribution in [2.24, 2.45) is 23.0 Å². The molecular weight excluding hydrogens is 224 g/mol. The maximum Gasteiger partial charge on any atom is 0.223 e. The monoisotopic (exact) mass is 252 g/mol. The summed E-state index contributed by atoms with van der Waals surface area (Å²) in [5, 5.41) is 3.21. The smallest absolute Gasteiger partial charge is 0.223 e. The second-order valence-corrected chi connectivity index (χ2v) is 6.35. The second-order valence-electron chi connectivity index (χ2n) is 6.35. The second kappa shape index (κ2) is 6.05. The van der Waals surface area contributed by atoms with Gasteiger partial charge in [0.15, 0.2) is 0 Å². The molecule has 0 bridgehead atoms. The highest BCUT2D eigenvalue weighted by atomic mass is 16.1. The fourth-order valence-corrected chi connectivity index (χ4v) is 3.46. The minimum atomic E-state index is 0.182. The number of hydrogen-bond donors (Lipinski definition) is 2. The van der Waals surface area contributed by atoms with E-state index in [0.29, 0.717) is 17.9 Å². The third kappa shape index (κ3) is 3.25. The van der Waals surface area contributed by atoms with E-state index in [-0.39, 0.29) is 11.8 Å². The number of carbonyl (C=O) groups excluding carboxylic acids is 1. The predicted octanol–water partition coefficient (Wildman–Crippen LogP) is 2.45. The Kier molecular flexibility index (Phi) is 4.66. The molecule has 1 amide bonds. The third-order valence-electron chi connectivity index (χ3n) is 4.92. The van der Waals surface area contributed by atoms with Crippen LogP contribution >= 0.6 is 0 Å². The van der Waals surface area contributed by atoms with Crippen molar-refractivity contribution in [2.75, 3.05) is 13.1 Å². The van der Waals surface area contributed by atoms with E-state index in [1.165, 1.54) is 38.5 Å². The molecule has 18 heavy (non-hydrogen) atoms. The SMILES string of the molecule is CCCC1(CNC(=O)C2CCCCC2CN)CC1. The van der Waals surface area contributed by atoms with E-state index >= 15 is 0 Å². The van der Waals surface area contributed by atoms with Crippen LogP contribution in [0.4, 0.5) is 0 Å². The lowest BCUT2D eigenvalue weighted by Crippen LogP contribution is -2.41. The molecule has 0 radical (unpaired) electrons. The Balaban J connectivity index is 1.80. The van der Waals surface area contributed by atoms with Crippen molar-refractivity contribution in [1.29, 1.82) is 0 Å². The summed E-state index contributed by atoms with van der Waals surface area (Å²) in [6, 6.07) is 0. The van der Waals surface area contributed by atoms with Gasteiger partial charge in [-0.15, -0.1) is 0 Å². The van der Waals surface area contributed by atoms with Crippen molar-refractivity contribution in [3.05, 3.63) is 0 Å². The summed E-state index contributed by atoms with van der Waals surface area (Å²) in [4.78, 5) is 12.3. The van der Waals surface area contributed by atoms with Crippen LogP contribution in [0.3, 0.4) is 0 Å². The molecule has 0 heterocycles. The van der Waals surface area contributed by atoms with Gasteiger partial charge in [-0.3, -0.25) is 4.79 Å². The highest BCUT2D eigenvalue weighted by molar-refractivity contribution is 5.79. The topological polar surface area (TPSA) is 55.1 Å². The fraction of sp³-hybridized carbons (Fsp3) is 0.933. The van der Waals surface area contributed by atoms with Gasteiger partial charge in [-0.2, -0.15) is 0 Å². The van der Waals surface area contributed by atoms with Gasteiger partial charge in [-0.25, -0.2) is 0 Å². The lowest BCUT2D eigenvalue weighted by Gasteiger charge is -2.30. The average Bonchev–Trinajstić information content (AvgIpc) is 3.16. The summed E-state index contributed by atoms with van der Waals surface area (Å²) < 4.78 is 0. The number of hydrogen-bond acceptors (Lipinski definition) is 2. The van der Waals surface area contributed by atoms with Crippen LogP contribution in [-0.4, -0.2) is 19.0 Å². The van der Waals surface area contributed by atoms with Gasteiger partial charge in [0.2, 0.25) is 5.91 Å². The van der Waals surface area contributed by atoms with E-state index < -0.39 is 0 Å². The van der Waals surface area contributed by atoms with Crippen LogP contribution in [-0.2, 0) is 4.79 Å². The van der Waals surface area contributed by atoms with Gasteiger partial charge in [-0.05, 0) is 50.0 Å². The molecule has 3 nitrogen and oxygen atoms in total. The molecule has 3 heteroatoms. The molecule has 2 saturated carbocycles. The summed E-state index contributed by atoms with van der Waals surface area (Å²) in [5.41, 5.74) is 6.25. The van der Waals surface area contributed by atoms with Gasteiger partial charge in [0.25, 0.3) is 0 Å². The van der Waals surface area contributed by atoms with E-state index in [0.717, 1.165) is 19.4 Å². The van der Waals surface area contributed by atoms with Crippen LogP contribution < -0.4 is 11.1 Å². The number of nitrogens with one attached hydrogen (secondary N) is 1. The van der Waals surface area contributed by atoms with Crippen molar-refractivity contribution in [1.82, 2.24) is 5.32 Å². The third-order valence-corrected chi connectivity index (χ3v) is 4.92. The summed E-state index contributed by atoms with van der Waals surface area (Å²) in [6.45, 7) is 3.79. The van der Waals surface area contributed by atoms with Crippen LogP contribution in [0.5, 0.6) is 0 Å². The van der Waals surface area contributed by atoms with Crippen molar-refractivity contribution in [2.45, 2.75) is 58.3 Å². The first kappa shape index (κ1) is 13.9. The minimum absolute atomic E-state index is 0.182. The molecule has 3 N–H and O–H groups in total. The van der Waals surface area contributed by atoms with Gasteiger partial charge in [-0.1, -0.05) is 26.2 Å². The molecule has 0 aliphatic heterocycles. The fourth-order valence-electron chi connectivity index (χ4n) is 3.46. The molecule has 104 valence electrons. The van der Waals surface area contributed by atoms with Crippen LogP contribution in [0.1, 0.15) is 58.3 Å². The number of amides is 1. The van der Waals surface area contributed by atoms with Crippen LogP contribution in [0.2, 0.25) is 0 Å². The Bertz CT molecular complexity index is 286. The highest BCUT2D eigenvalue weighted by Crippen LogP contribution is 2.49. The Hall–Kier alpha value is -0.570. The molecule has 0 saturated heterocycles. The summed E-state index contributed by atoms with van der Waals surface area (Å²) in [6.07, 6.45) is 9.68. The Labute approximate surface area is 111 Å². The number of carbonyl (C=O) groups is 1. The molecule has 2 unspecified atom stereocenters. The van der Waals surface area contributed by atoms with Crippen molar-refractivity contribution < 1.29 is 4.79 Å². The van der Waals surface area contributed by atoms with Crippen LogP contribution in [0.15, 0.2) is 0 Å². The first-order valence-electron chi connectivity index (χ1n) is 7.68. The summed E-state index contributed by atoms with van der Waals surface area (Å²) >= 11 is 0. The molecule has 0 aromatic carbocycles. The summed E-state index contributed by atoms with van der Waals surface area (Å²) in [5.74, 6) is 0.869. The molecule has 2 aliphatic rings. The maximum absolute atomic E-state index is 12.3. The van der Waals surface area contributed by atoms with Gasteiger partial charge in [0.1, 0.15) is 0 Å². The van der Waals surface area contributed by atoms with Gasteiger partial charge >= 0.3 is 0 Å². The Morgan fingerprint density at radius 3 is 2.67 bits per heavy atom. The Morgan fingerprint density at radius 2 is 2.06 bits per heavy atom. The minimum Gasteiger partial charge on any atom is -0.355 e. The molecule has 2 atom stereocenters. The largest absolute Gasteiger partial charge is 0.355 e. The van der Waals surface area contributed by atoms with Crippen LogP contribution in [0, 0.1) is 17.3 Å². The van der Waals surface area contributed by atoms with Crippen molar-refractivity contribution in [3.63, 3.8) is 0 Å². The predicted molar refractivity (Wildman–Crippen MR) is 74.1 cm³/mol. The zero-order valence-electron chi connectivity index (χ0n) is 11.7.